The molecule has 6 bridgehead atoms. The monoisotopic (exact) mass is 665 g/mol. The molecule has 0 radical (unpaired) electrons. The molecule has 0 saturated heterocycles. The van der Waals surface area contributed by atoms with Gasteiger partial charge in [-0.2, -0.15) is 0 Å². The Morgan fingerprint density at radius 1 is 0.574 bits per heavy atom. The van der Waals surface area contributed by atoms with Crippen LogP contribution in [0.3, 0.4) is 0 Å². The van der Waals surface area contributed by atoms with Crippen molar-refractivity contribution in [1.29, 1.82) is 0 Å². The largest absolute Gasteiger partial charge is 0.460 e. The van der Waals surface area contributed by atoms with Crippen LogP contribution in [0.2, 0.25) is 0 Å². The molecule has 0 aromatic heterocycles. The Hall–Kier alpha value is -1.59. The molecule has 0 aromatic carbocycles. The van der Waals surface area contributed by atoms with Gasteiger partial charge in [0, 0.05) is 5.92 Å². The van der Waals surface area contributed by atoms with E-state index in [2.05, 4.69) is 20.8 Å². The molecule has 6 rings (SSSR count). The van der Waals surface area contributed by atoms with E-state index in [-0.39, 0.29) is 52.5 Å². The molecule has 6 heteroatoms. The lowest BCUT2D eigenvalue weighted by Gasteiger charge is -2.59. The maximum atomic E-state index is 11.9. The Kier molecular flexibility index (Phi) is 17.0. The minimum atomic E-state index is -0.346. The summed E-state index contributed by atoms with van der Waals surface area (Å²) in [5.41, 5.74) is -0.753. The minimum absolute atomic E-state index is 0.0000246. The predicted octanol–water partition coefficient (Wildman–Crippen LogP) is 10.8. The molecule has 6 nitrogen and oxygen atoms in total. The van der Waals surface area contributed by atoms with E-state index in [1.54, 1.807) is 0 Å². The van der Waals surface area contributed by atoms with Crippen molar-refractivity contribution in [3.63, 3.8) is 0 Å². The van der Waals surface area contributed by atoms with Crippen LogP contribution in [-0.2, 0) is 28.6 Å². The molecule has 276 valence electrons. The number of rotatable bonds is 6. The third kappa shape index (κ3) is 12.4. The molecule has 47 heavy (non-hydrogen) atoms. The Labute approximate surface area is 290 Å². The van der Waals surface area contributed by atoms with Crippen LogP contribution in [0.5, 0.6) is 0 Å². The van der Waals surface area contributed by atoms with E-state index in [1.807, 2.05) is 90.0 Å². The first kappa shape index (κ1) is 43.4. The van der Waals surface area contributed by atoms with Gasteiger partial charge < -0.3 is 14.2 Å². The molecule has 0 N–H and O–H groups in total. The van der Waals surface area contributed by atoms with Crippen LogP contribution in [-0.4, -0.2) is 34.7 Å². The van der Waals surface area contributed by atoms with Crippen molar-refractivity contribution < 1.29 is 28.6 Å². The fraction of sp³-hybridized carbons (Fsp3) is 0.927. The van der Waals surface area contributed by atoms with E-state index in [0.717, 1.165) is 23.7 Å². The van der Waals surface area contributed by atoms with E-state index < -0.39 is 0 Å². The average molecular weight is 665 g/mol. The fourth-order valence-electron chi connectivity index (χ4n) is 8.59. The highest BCUT2D eigenvalue weighted by molar-refractivity contribution is 5.72. The predicted molar refractivity (Wildman–Crippen MR) is 194 cm³/mol. The van der Waals surface area contributed by atoms with Gasteiger partial charge in [0.25, 0.3) is 0 Å². The molecule has 6 saturated carbocycles. The van der Waals surface area contributed by atoms with E-state index in [1.165, 1.54) is 57.8 Å². The molecular weight excluding hydrogens is 588 g/mol. The normalized spacial score (nSPS) is 31.3. The summed E-state index contributed by atoms with van der Waals surface area (Å²) in [7, 11) is 0. The van der Waals surface area contributed by atoms with Gasteiger partial charge in [0.2, 0.25) is 0 Å². The van der Waals surface area contributed by atoms with Crippen molar-refractivity contribution >= 4 is 17.9 Å². The van der Waals surface area contributed by atoms with E-state index >= 15 is 0 Å². The molecule has 0 spiro atoms. The third-order valence-electron chi connectivity index (χ3n) is 10.9. The lowest BCUT2D eigenvalue weighted by Crippen LogP contribution is -2.58. The van der Waals surface area contributed by atoms with Gasteiger partial charge in [-0.25, -0.2) is 0 Å². The smallest absolute Gasteiger partial charge is 0.308 e. The van der Waals surface area contributed by atoms with Crippen molar-refractivity contribution in [2.75, 3.05) is 0 Å². The van der Waals surface area contributed by atoms with Crippen LogP contribution in [0.1, 0.15) is 169 Å². The van der Waals surface area contributed by atoms with Gasteiger partial charge in [-0.15, -0.1) is 0 Å². The molecular formula is C41H76O6. The first-order valence-electron chi connectivity index (χ1n) is 19.4. The SMILES string of the molecule is CC.CC.CC(C)C(=O)OC(C)(C)C.CC(C)C(=O)OC(C)(C)C1CC2CCC1C2.CC(C)C(=O)OC1(C)C2CC3CC(C2)CC1C3. The summed E-state index contributed by atoms with van der Waals surface area (Å²) in [6, 6.07) is 0. The van der Waals surface area contributed by atoms with E-state index in [9.17, 15) is 14.4 Å². The third-order valence-corrected chi connectivity index (χ3v) is 10.9. The van der Waals surface area contributed by atoms with Gasteiger partial charge in [0.1, 0.15) is 16.8 Å². The zero-order valence-corrected chi connectivity index (χ0v) is 33.6. The van der Waals surface area contributed by atoms with Crippen molar-refractivity contribution in [3.8, 4) is 0 Å². The van der Waals surface area contributed by atoms with E-state index in [4.69, 9.17) is 14.2 Å². The summed E-state index contributed by atoms with van der Waals surface area (Å²) in [4.78, 5) is 34.6. The van der Waals surface area contributed by atoms with Crippen LogP contribution in [0.15, 0.2) is 0 Å². The maximum absolute atomic E-state index is 11.9. The molecule has 0 amide bonds. The van der Waals surface area contributed by atoms with Gasteiger partial charge in [-0.3, -0.25) is 14.4 Å². The highest BCUT2D eigenvalue weighted by atomic mass is 16.6. The van der Waals surface area contributed by atoms with E-state index in [0.29, 0.717) is 17.8 Å². The lowest BCUT2D eigenvalue weighted by atomic mass is 9.50. The summed E-state index contributed by atoms with van der Waals surface area (Å²) >= 11 is 0. The first-order valence-corrected chi connectivity index (χ1v) is 19.4. The fourth-order valence-corrected chi connectivity index (χ4v) is 8.59. The number of hydrogen-bond acceptors (Lipinski definition) is 6. The molecule has 0 aromatic rings. The maximum Gasteiger partial charge on any atom is 0.308 e. The Bertz CT molecular complexity index is 943. The van der Waals surface area contributed by atoms with Crippen molar-refractivity contribution in [2.24, 2.45) is 59.2 Å². The highest BCUT2D eigenvalue weighted by Crippen LogP contribution is 2.59. The summed E-state index contributed by atoms with van der Waals surface area (Å²) < 4.78 is 16.7. The second kappa shape index (κ2) is 18.4. The van der Waals surface area contributed by atoms with Gasteiger partial charge in [-0.05, 0) is 128 Å². The molecule has 3 atom stereocenters. The van der Waals surface area contributed by atoms with Gasteiger partial charge >= 0.3 is 17.9 Å². The quantitative estimate of drug-likeness (QED) is 0.208. The van der Waals surface area contributed by atoms with Crippen LogP contribution in [0.25, 0.3) is 0 Å². The zero-order valence-electron chi connectivity index (χ0n) is 33.6. The zero-order chi connectivity index (χ0) is 36.5. The molecule has 3 unspecified atom stereocenters. The average Bonchev–Trinajstić information content (AvgIpc) is 3.62. The van der Waals surface area contributed by atoms with Crippen molar-refractivity contribution in [2.45, 2.75) is 185 Å². The number of ether oxygens (including phenoxy) is 3. The Morgan fingerprint density at radius 3 is 1.32 bits per heavy atom. The topological polar surface area (TPSA) is 78.9 Å². The number of carbonyl (C=O) groups is 3. The summed E-state index contributed by atoms with van der Waals surface area (Å²) in [6.07, 6.45) is 12.0. The van der Waals surface area contributed by atoms with Crippen molar-refractivity contribution in [1.82, 2.24) is 0 Å². The van der Waals surface area contributed by atoms with Gasteiger partial charge in [-0.1, -0.05) is 75.7 Å². The molecule has 0 aliphatic heterocycles. The summed E-state index contributed by atoms with van der Waals surface area (Å²) in [6.45, 7) is 31.3. The lowest BCUT2D eigenvalue weighted by molar-refractivity contribution is -0.206. The number of fused-ring (bicyclic) bond motifs is 2. The molecule has 6 aliphatic rings. The minimum Gasteiger partial charge on any atom is -0.460 e. The van der Waals surface area contributed by atoms with Crippen LogP contribution < -0.4 is 0 Å². The molecule has 6 aliphatic carbocycles. The second-order valence-electron chi connectivity index (χ2n) is 17.2. The Morgan fingerprint density at radius 2 is 1.00 bits per heavy atom. The standard InChI is InChI=1S/C15H24O2.C14H24O2.C8H16O2.2C2H6/c1-9(2)14(16)17-15(3)12-5-10-4-11(7-12)8-13(15)6-10;1-9(2)13(15)16-14(3,4)12-8-10-5-6-11(12)7-10;1-6(2)7(9)10-8(3,4)5;2*1-2/h9-13H,4-8H2,1-3H3;9-12H,5-8H2,1-4H3;6H,1-5H3;2*1-2H3. The number of carbonyl (C=O) groups excluding carboxylic acids is 3. The van der Waals surface area contributed by atoms with Crippen LogP contribution in [0, 0.1) is 59.2 Å². The first-order chi connectivity index (χ1) is 21.7. The Balaban J connectivity index is 0.000000345. The summed E-state index contributed by atoms with van der Waals surface area (Å²) in [5.74, 6) is 5.23. The molecule has 6 fully saturated rings. The van der Waals surface area contributed by atoms with Gasteiger partial charge in [0.05, 0.1) is 17.8 Å². The highest BCUT2D eigenvalue weighted by Gasteiger charge is 2.57. The molecule has 0 heterocycles. The number of hydrogen-bond donors (Lipinski definition) is 0. The van der Waals surface area contributed by atoms with Crippen LogP contribution >= 0.6 is 0 Å². The van der Waals surface area contributed by atoms with Crippen molar-refractivity contribution in [3.05, 3.63) is 0 Å². The van der Waals surface area contributed by atoms with Gasteiger partial charge in [0.15, 0.2) is 0 Å². The second-order valence-corrected chi connectivity index (χ2v) is 17.2. The summed E-state index contributed by atoms with van der Waals surface area (Å²) in [5, 5.41) is 0. The number of esters is 3. The van der Waals surface area contributed by atoms with Crippen LogP contribution in [0.4, 0.5) is 0 Å².